The molecule has 6 nitrogen and oxygen atoms in total. The molecule has 0 heterocycles. The predicted molar refractivity (Wildman–Crippen MR) is 126 cm³/mol. The van der Waals surface area contributed by atoms with Crippen molar-refractivity contribution in [2.45, 2.75) is 0 Å². The van der Waals surface area contributed by atoms with Gasteiger partial charge in [0.1, 0.15) is 17.4 Å². The maximum Gasteiger partial charge on any atom is 0.266 e. The molecule has 0 fully saturated rings. The van der Waals surface area contributed by atoms with E-state index in [0.29, 0.717) is 22.0 Å². The topological polar surface area (TPSA) is 91.2 Å². The maximum atomic E-state index is 12.3. The van der Waals surface area contributed by atoms with Crippen LogP contribution in [-0.4, -0.2) is 18.4 Å². The lowest BCUT2D eigenvalue weighted by Crippen LogP contribution is -2.20. The van der Waals surface area contributed by atoms with E-state index in [1.165, 1.54) is 12.1 Å². The number of hydrogen-bond acceptors (Lipinski definition) is 4. The van der Waals surface area contributed by atoms with Crippen LogP contribution in [0.1, 0.15) is 5.56 Å². The number of nitriles is 1. The van der Waals surface area contributed by atoms with Crippen LogP contribution in [0.4, 0.5) is 11.4 Å². The van der Waals surface area contributed by atoms with Gasteiger partial charge in [0.25, 0.3) is 11.8 Å². The summed E-state index contributed by atoms with van der Waals surface area (Å²) in [5, 5.41) is 15.3. The van der Waals surface area contributed by atoms with Crippen LogP contribution in [-0.2, 0) is 9.59 Å². The van der Waals surface area contributed by atoms with E-state index in [1.54, 1.807) is 60.7 Å². The van der Waals surface area contributed by atoms with Crippen LogP contribution in [0.3, 0.4) is 0 Å². The molecule has 3 rings (SSSR count). The van der Waals surface area contributed by atoms with Gasteiger partial charge in [0.05, 0.1) is 15.7 Å². The Morgan fingerprint density at radius 3 is 2.34 bits per heavy atom. The third kappa shape index (κ3) is 6.35. The first kappa shape index (κ1) is 22.9. The molecule has 0 saturated carbocycles. The predicted octanol–water partition coefficient (Wildman–Crippen LogP) is 5.56. The van der Waals surface area contributed by atoms with Crippen LogP contribution in [0.25, 0.3) is 6.08 Å². The van der Waals surface area contributed by atoms with E-state index < -0.39 is 11.8 Å². The lowest BCUT2D eigenvalue weighted by Gasteiger charge is -2.10. The maximum absolute atomic E-state index is 12.3. The molecule has 0 aliphatic heterocycles. The highest BCUT2D eigenvalue weighted by molar-refractivity contribution is 6.33. The van der Waals surface area contributed by atoms with Crippen LogP contribution < -0.4 is 15.4 Å². The van der Waals surface area contributed by atoms with E-state index in [0.717, 1.165) is 0 Å². The minimum Gasteiger partial charge on any atom is -0.482 e. The van der Waals surface area contributed by atoms with Crippen molar-refractivity contribution in [3.05, 3.63) is 94.0 Å². The molecule has 0 aliphatic carbocycles. The largest absolute Gasteiger partial charge is 0.482 e. The van der Waals surface area contributed by atoms with Gasteiger partial charge >= 0.3 is 0 Å². The van der Waals surface area contributed by atoms with Crippen molar-refractivity contribution in [1.29, 1.82) is 5.26 Å². The standard InChI is InChI=1S/C24H17Cl2N3O3/c25-19-8-4-5-9-21(19)29-23(30)15-32-22-11-10-16(13-20(22)26)12-17(14-27)24(31)28-18-6-2-1-3-7-18/h1-13H,15H2,(H,28,31)(H,29,30)/b17-12+. The molecule has 0 atom stereocenters. The van der Waals surface area contributed by atoms with Crippen molar-refractivity contribution in [1.82, 2.24) is 0 Å². The fourth-order valence-electron chi connectivity index (χ4n) is 2.65. The monoisotopic (exact) mass is 465 g/mol. The summed E-state index contributed by atoms with van der Waals surface area (Å²) in [5.74, 6) is -0.653. The smallest absolute Gasteiger partial charge is 0.266 e. The number of carbonyl (C=O) groups excluding carboxylic acids is 2. The van der Waals surface area contributed by atoms with Crippen LogP contribution >= 0.6 is 23.2 Å². The van der Waals surface area contributed by atoms with Crippen molar-refractivity contribution in [2.24, 2.45) is 0 Å². The SMILES string of the molecule is N#C/C(=C\c1ccc(OCC(=O)Nc2ccccc2Cl)c(Cl)c1)C(=O)Nc1ccccc1. The van der Waals surface area contributed by atoms with E-state index >= 15 is 0 Å². The number of nitrogens with one attached hydrogen (secondary N) is 2. The number of amides is 2. The Hall–Kier alpha value is -3.79. The van der Waals surface area contributed by atoms with Crippen LogP contribution in [0.5, 0.6) is 5.75 Å². The second-order valence-electron chi connectivity index (χ2n) is 6.50. The molecular formula is C24H17Cl2N3O3. The Morgan fingerprint density at radius 2 is 1.66 bits per heavy atom. The highest BCUT2D eigenvalue weighted by Crippen LogP contribution is 2.27. The molecule has 3 aromatic carbocycles. The zero-order valence-electron chi connectivity index (χ0n) is 16.6. The summed E-state index contributed by atoms with van der Waals surface area (Å²) < 4.78 is 5.47. The van der Waals surface area contributed by atoms with E-state index in [-0.39, 0.29) is 23.0 Å². The van der Waals surface area contributed by atoms with Gasteiger partial charge in [-0.25, -0.2) is 0 Å². The van der Waals surface area contributed by atoms with E-state index in [4.69, 9.17) is 27.9 Å². The lowest BCUT2D eigenvalue weighted by atomic mass is 10.1. The number of ether oxygens (including phenoxy) is 1. The Kier molecular flexibility index (Phi) is 7.87. The van der Waals surface area contributed by atoms with Crippen LogP contribution in [0.15, 0.2) is 78.4 Å². The summed E-state index contributed by atoms with van der Waals surface area (Å²) >= 11 is 12.3. The molecule has 0 saturated heterocycles. The third-order valence-electron chi connectivity index (χ3n) is 4.17. The van der Waals surface area contributed by atoms with Gasteiger partial charge in [0.2, 0.25) is 0 Å². The average molecular weight is 466 g/mol. The molecule has 160 valence electrons. The molecule has 0 bridgehead atoms. The molecule has 2 N–H and O–H groups in total. The Labute approximate surface area is 195 Å². The Bertz CT molecular complexity index is 1200. The molecule has 2 amide bonds. The van der Waals surface area contributed by atoms with Crippen molar-refractivity contribution in [3.8, 4) is 11.8 Å². The number of halogens is 2. The van der Waals surface area contributed by atoms with Crippen molar-refractivity contribution < 1.29 is 14.3 Å². The van der Waals surface area contributed by atoms with Gasteiger partial charge in [0, 0.05) is 5.69 Å². The highest BCUT2D eigenvalue weighted by Gasteiger charge is 2.12. The van der Waals surface area contributed by atoms with Crippen LogP contribution in [0, 0.1) is 11.3 Å². The lowest BCUT2D eigenvalue weighted by molar-refractivity contribution is -0.118. The normalized spacial score (nSPS) is 10.7. The molecule has 3 aromatic rings. The fraction of sp³-hybridized carbons (Fsp3) is 0.0417. The average Bonchev–Trinajstić information content (AvgIpc) is 2.79. The van der Waals surface area contributed by atoms with Gasteiger partial charge in [-0.15, -0.1) is 0 Å². The minimum absolute atomic E-state index is 0.0855. The molecule has 32 heavy (non-hydrogen) atoms. The van der Waals surface area contributed by atoms with Gasteiger partial charge in [-0.3, -0.25) is 9.59 Å². The Balaban J connectivity index is 1.63. The summed E-state index contributed by atoms with van der Waals surface area (Å²) in [6.45, 7) is -0.275. The summed E-state index contributed by atoms with van der Waals surface area (Å²) in [5.41, 5.74) is 1.50. The first-order valence-electron chi connectivity index (χ1n) is 9.41. The zero-order chi connectivity index (χ0) is 22.9. The van der Waals surface area contributed by atoms with Crippen LogP contribution in [0.2, 0.25) is 10.0 Å². The van der Waals surface area contributed by atoms with Gasteiger partial charge in [0.15, 0.2) is 6.61 Å². The summed E-state index contributed by atoms with van der Waals surface area (Å²) in [6.07, 6.45) is 1.41. The summed E-state index contributed by atoms with van der Waals surface area (Å²) in [7, 11) is 0. The second kappa shape index (κ2) is 11.0. The summed E-state index contributed by atoms with van der Waals surface area (Å²) in [6, 6.07) is 22.3. The number of rotatable bonds is 7. The quantitative estimate of drug-likeness (QED) is 0.353. The van der Waals surface area contributed by atoms with Gasteiger partial charge in [-0.05, 0) is 48.0 Å². The first-order chi connectivity index (χ1) is 15.5. The molecule has 0 unspecified atom stereocenters. The van der Waals surface area contributed by atoms with E-state index in [9.17, 15) is 14.9 Å². The molecule has 0 aliphatic rings. The molecule has 0 radical (unpaired) electrons. The van der Waals surface area contributed by atoms with Crippen molar-refractivity contribution in [3.63, 3.8) is 0 Å². The minimum atomic E-state index is -0.536. The number of carbonyl (C=O) groups is 2. The number of hydrogen-bond donors (Lipinski definition) is 2. The fourth-order valence-corrected chi connectivity index (χ4v) is 3.08. The zero-order valence-corrected chi connectivity index (χ0v) is 18.2. The van der Waals surface area contributed by atoms with Gasteiger partial charge in [-0.1, -0.05) is 59.6 Å². The van der Waals surface area contributed by atoms with Crippen molar-refractivity contribution >= 4 is 52.5 Å². The van der Waals surface area contributed by atoms with Gasteiger partial charge < -0.3 is 15.4 Å². The Morgan fingerprint density at radius 1 is 0.938 bits per heavy atom. The summed E-state index contributed by atoms with van der Waals surface area (Å²) in [4.78, 5) is 24.4. The molecule has 0 spiro atoms. The number of benzene rings is 3. The number of para-hydroxylation sites is 2. The molecule has 0 aromatic heterocycles. The number of nitrogens with zero attached hydrogens (tertiary/aromatic N) is 1. The number of anilines is 2. The van der Waals surface area contributed by atoms with Gasteiger partial charge in [-0.2, -0.15) is 5.26 Å². The molecular weight excluding hydrogens is 449 g/mol. The molecule has 8 heteroatoms. The first-order valence-corrected chi connectivity index (χ1v) is 10.2. The highest BCUT2D eigenvalue weighted by atomic mass is 35.5. The van der Waals surface area contributed by atoms with E-state index in [1.807, 2.05) is 12.1 Å². The van der Waals surface area contributed by atoms with E-state index in [2.05, 4.69) is 10.6 Å². The third-order valence-corrected chi connectivity index (χ3v) is 4.80. The van der Waals surface area contributed by atoms with Crippen molar-refractivity contribution in [2.75, 3.05) is 17.2 Å². The second-order valence-corrected chi connectivity index (χ2v) is 7.31.